The molecule has 1 atom stereocenters. The van der Waals surface area contributed by atoms with Crippen LogP contribution in [-0.4, -0.2) is 83.4 Å². The van der Waals surface area contributed by atoms with E-state index in [1.165, 1.54) is 10.3 Å². The summed E-state index contributed by atoms with van der Waals surface area (Å²) >= 11 is 1.68. The van der Waals surface area contributed by atoms with Crippen molar-refractivity contribution >= 4 is 39.1 Å². The van der Waals surface area contributed by atoms with Gasteiger partial charge in [0.15, 0.2) is 0 Å². The summed E-state index contributed by atoms with van der Waals surface area (Å²) in [6, 6.07) is 14.0. The quantitative estimate of drug-likeness (QED) is 0.512. The minimum Gasteiger partial charge on any atom is -0.342 e. The first kappa shape index (κ1) is 25.3. The number of nitrogens with one attached hydrogen (secondary N) is 1. The highest BCUT2D eigenvalue weighted by Crippen LogP contribution is 2.31. The predicted molar refractivity (Wildman–Crippen MR) is 144 cm³/mol. The highest BCUT2D eigenvalue weighted by atomic mass is 32.1. The van der Waals surface area contributed by atoms with Crippen LogP contribution in [-0.2, 0) is 9.59 Å². The Morgan fingerprint density at radius 3 is 2.40 bits per heavy atom. The number of anilines is 1. The summed E-state index contributed by atoms with van der Waals surface area (Å²) in [7, 11) is 0. The number of rotatable bonds is 8. The van der Waals surface area contributed by atoms with Crippen molar-refractivity contribution in [1.82, 2.24) is 19.7 Å². The molecule has 2 amide bonds. The highest BCUT2D eigenvalue weighted by Gasteiger charge is 2.27. The van der Waals surface area contributed by atoms with Gasteiger partial charge in [0, 0.05) is 50.5 Å². The molecule has 8 heteroatoms. The fourth-order valence-electron chi connectivity index (χ4n) is 4.44. The predicted octanol–water partition coefficient (Wildman–Crippen LogP) is 4.08. The van der Waals surface area contributed by atoms with E-state index >= 15 is 0 Å². The van der Waals surface area contributed by atoms with Crippen LogP contribution < -0.4 is 5.32 Å². The van der Waals surface area contributed by atoms with Crippen LogP contribution in [0.2, 0.25) is 0 Å². The number of fused-ring (bicyclic) bond motifs is 1. The number of hydrogen-bond donors (Lipinski definition) is 1. The van der Waals surface area contributed by atoms with E-state index in [-0.39, 0.29) is 17.9 Å². The Morgan fingerprint density at radius 2 is 1.74 bits per heavy atom. The van der Waals surface area contributed by atoms with Gasteiger partial charge in [0.05, 0.1) is 22.8 Å². The molecule has 1 unspecified atom stereocenters. The van der Waals surface area contributed by atoms with Crippen LogP contribution in [0.1, 0.15) is 26.3 Å². The van der Waals surface area contributed by atoms with E-state index in [4.69, 9.17) is 4.98 Å². The zero-order valence-corrected chi connectivity index (χ0v) is 21.9. The average molecular weight is 494 g/mol. The third-order valence-electron chi connectivity index (χ3n) is 6.75. The molecule has 1 aliphatic rings. The molecule has 1 fully saturated rings. The molecule has 0 bridgehead atoms. The summed E-state index contributed by atoms with van der Waals surface area (Å²) in [6.07, 6.45) is 0. The van der Waals surface area contributed by atoms with E-state index in [9.17, 15) is 9.59 Å². The molecule has 3 aromatic rings. The van der Waals surface area contributed by atoms with E-state index < -0.39 is 0 Å². The molecule has 0 saturated carbocycles. The standard InChI is InChI=1S/C27H35N5O2S/c1-5-31(6-2)25(33)18-30-13-15-32(16-14-30)20(4)26(34)28-22-10-8-21(9-11-22)27-29-23-12-7-19(3)17-24(23)35-27/h7-12,17,20H,5-6,13-16,18H2,1-4H3,(H,28,34). The Morgan fingerprint density at radius 1 is 1.06 bits per heavy atom. The van der Waals surface area contributed by atoms with Crippen LogP contribution in [0.5, 0.6) is 0 Å². The molecule has 1 aromatic heterocycles. The summed E-state index contributed by atoms with van der Waals surface area (Å²) in [4.78, 5) is 36.3. The van der Waals surface area contributed by atoms with Gasteiger partial charge in [-0.15, -0.1) is 11.3 Å². The fraction of sp³-hybridized carbons (Fsp3) is 0.444. The largest absolute Gasteiger partial charge is 0.342 e. The molecule has 186 valence electrons. The Balaban J connectivity index is 1.29. The number of likely N-dealkylation sites (N-methyl/N-ethyl adjacent to an activating group) is 1. The second kappa shape index (κ2) is 11.3. The minimum atomic E-state index is -0.234. The minimum absolute atomic E-state index is 0.0131. The molecule has 2 aromatic carbocycles. The summed E-state index contributed by atoms with van der Waals surface area (Å²) < 4.78 is 1.18. The van der Waals surface area contributed by atoms with Crippen LogP contribution in [0.15, 0.2) is 42.5 Å². The normalized spacial score (nSPS) is 15.8. The SMILES string of the molecule is CCN(CC)C(=O)CN1CCN(C(C)C(=O)Nc2ccc(-c3nc4ccc(C)cc4s3)cc2)CC1. The number of aryl methyl sites for hydroxylation is 1. The smallest absolute Gasteiger partial charge is 0.241 e. The Hall–Kier alpha value is -2.81. The Bertz CT molecular complexity index is 1160. The maximum absolute atomic E-state index is 12.9. The molecule has 4 rings (SSSR count). The number of amides is 2. The van der Waals surface area contributed by atoms with Gasteiger partial charge in [-0.25, -0.2) is 4.98 Å². The average Bonchev–Trinajstić information content (AvgIpc) is 3.28. The van der Waals surface area contributed by atoms with Gasteiger partial charge in [-0.3, -0.25) is 19.4 Å². The lowest BCUT2D eigenvalue weighted by atomic mass is 10.2. The monoisotopic (exact) mass is 493 g/mol. The lowest BCUT2D eigenvalue weighted by Gasteiger charge is -2.37. The van der Waals surface area contributed by atoms with Crippen molar-refractivity contribution in [3.8, 4) is 10.6 Å². The van der Waals surface area contributed by atoms with Gasteiger partial charge in [0.1, 0.15) is 5.01 Å². The molecule has 2 heterocycles. The zero-order chi connectivity index (χ0) is 24.9. The molecular formula is C27H35N5O2S. The summed E-state index contributed by atoms with van der Waals surface area (Å²) in [5, 5.41) is 4.03. The van der Waals surface area contributed by atoms with Gasteiger partial charge in [-0.2, -0.15) is 0 Å². The lowest BCUT2D eigenvalue weighted by molar-refractivity contribution is -0.133. The molecule has 1 N–H and O–H groups in total. The molecule has 0 spiro atoms. The first-order valence-corrected chi connectivity index (χ1v) is 13.2. The zero-order valence-electron chi connectivity index (χ0n) is 21.1. The first-order chi connectivity index (χ1) is 16.9. The summed E-state index contributed by atoms with van der Waals surface area (Å²) in [6.45, 7) is 13.1. The number of benzene rings is 2. The van der Waals surface area contributed by atoms with E-state index in [0.717, 1.165) is 61.0 Å². The lowest BCUT2D eigenvalue weighted by Crippen LogP contribution is -2.54. The van der Waals surface area contributed by atoms with Crippen molar-refractivity contribution in [3.05, 3.63) is 48.0 Å². The second-order valence-electron chi connectivity index (χ2n) is 9.11. The maximum atomic E-state index is 12.9. The number of carbonyl (C=O) groups is 2. The number of carbonyl (C=O) groups excluding carboxylic acids is 2. The molecule has 1 aliphatic heterocycles. The molecule has 1 saturated heterocycles. The Labute approximate surface area is 211 Å². The van der Waals surface area contributed by atoms with E-state index in [2.05, 4.69) is 40.2 Å². The van der Waals surface area contributed by atoms with Crippen LogP contribution in [0.25, 0.3) is 20.8 Å². The first-order valence-electron chi connectivity index (χ1n) is 12.4. The number of thiazole rings is 1. The van der Waals surface area contributed by atoms with Gasteiger partial charge in [-0.05, 0) is 69.7 Å². The van der Waals surface area contributed by atoms with Crippen molar-refractivity contribution in [2.24, 2.45) is 0 Å². The molecule has 35 heavy (non-hydrogen) atoms. The number of aromatic nitrogens is 1. The number of piperazine rings is 1. The number of nitrogens with zero attached hydrogens (tertiary/aromatic N) is 4. The molecule has 0 aliphatic carbocycles. The molecular weight excluding hydrogens is 458 g/mol. The van der Waals surface area contributed by atoms with Gasteiger partial charge < -0.3 is 10.2 Å². The maximum Gasteiger partial charge on any atom is 0.241 e. The van der Waals surface area contributed by atoms with Crippen molar-refractivity contribution in [2.45, 2.75) is 33.7 Å². The highest BCUT2D eigenvalue weighted by molar-refractivity contribution is 7.21. The molecule has 0 radical (unpaired) electrons. The van der Waals surface area contributed by atoms with Gasteiger partial charge in [0.25, 0.3) is 0 Å². The summed E-state index contributed by atoms with van der Waals surface area (Å²) in [5.74, 6) is 0.166. The van der Waals surface area contributed by atoms with E-state index in [1.807, 2.05) is 49.9 Å². The van der Waals surface area contributed by atoms with Crippen molar-refractivity contribution in [2.75, 3.05) is 51.1 Å². The summed E-state index contributed by atoms with van der Waals surface area (Å²) in [5.41, 5.74) is 4.07. The van der Waals surface area contributed by atoms with Crippen molar-refractivity contribution < 1.29 is 9.59 Å². The number of hydrogen-bond acceptors (Lipinski definition) is 6. The topological polar surface area (TPSA) is 68.8 Å². The van der Waals surface area contributed by atoms with E-state index in [0.29, 0.717) is 6.54 Å². The van der Waals surface area contributed by atoms with E-state index in [1.54, 1.807) is 11.3 Å². The third-order valence-corrected chi connectivity index (χ3v) is 7.82. The van der Waals surface area contributed by atoms with Crippen LogP contribution in [0.3, 0.4) is 0 Å². The van der Waals surface area contributed by atoms with Gasteiger partial charge >= 0.3 is 0 Å². The third kappa shape index (κ3) is 6.07. The fourth-order valence-corrected chi connectivity index (χ4v) is 5.51. The second-order valence-corrected chi connectivity index (χ2v) is 10.1. The van der Waals surface area contributed by atoms with Gasteiger partial charge in [0.2, 0.25) is 11.8 Å². The van der Waals surface area contributed by atoms with Crippen molar-refractivity contribution in [3.63, 3.8) is 0 Å². The van der Waals surface area contributed by atoms with Crippen LogP contribution >= 0.6 is 11.3 Å². The van der Waals surface area contributed by atoms with Crippen molar-refractivity contribution in [1.29, 1.82) is 0 Å². The van der Waals surface area contributed by atoms with Crippen LogP contribution in [0.4, 0.5) is 5.69 Å². The van der Waals surface area contributed by atoms with Gasteiger partial charge in [-0.1, -0.05) is 6.07 Å². The molecule has 7 nitrogen and oxygen atoms in total. The van der Waals surface area contributed by atoms with Crippen LogP contribution in [0, 0.1) is 6.92 Å². The Kier molecular flexibility index (Phi) is 8.15.